The fourth-order valence-corrected chi connectivity index (χ4v) is 2.48. The number of imidazole rings is 1. The second-order valence-corrected chi connectivity index (χ2v) is 6.12. The Morgan fingerprint density at radius 1 is 1.29 bits per heavy atom. The van der Waals surface area contributed by atoms with Crippen LogP contribution in [0.2, 0.25) is 0 Å². The molecule has 0 fully saturated rings. The van der Waals surface area contributed by atoms with Gasteiger partial charge >= 0.3 is 0 Å². The molecule has 2 heterocycles. The van der Waals surface area contributed by atoms with Gasteiger partial charge in [-0.1, -0.05) is 6.07 Å². The van der Waals surface area contributed by atoms with E-state index < -0.39 is 12.1 Å². The van der Waals surface area contributed by atoms with Gasteiger partial charge in [0.15, 0.2) is 11.5 Å². The third kappa shape index (κ3) is 3.21. The predicted octanol–water partition coefficient (Wildman–Crippen LogP) is 2.04. The van der Waals surface area contributed by atoms with E-state index in [4.69, 9.17) is 9.47 Å². The highest BCUT2D eigenvalue weighted by Gasteiger charge is 2.23. The van der Waals surface area contributed by atoms with Crippen LogP contribution < -0.4 is 14.8 Å². The van der Waals surface area contributed by atoms with Crippen LogP contribution in [-0.2, 0) is 0 Å². The minimum absolute atomic E-state index is 0.180. The average molecular weight is 331 g/mol. The van der Waals surface area contributed by atoms with E-state index in [9.17, 15) is 9.90 Å². The van der Waals surface area contributed by atoms with Gasteiger partial charge in [-0.15, -0.1) is 0 Å². The summed E-state index contributed by atoms with van der Waals surface area (Å²) in [6.07, 6.45) is 2.45. The molecular weight excluding hydrogens is 310 g/mol. The standard InChI is InChI=1S/C17H21N3O4/c1-10(2)20-7-13(18-8-20)17(22)19-11(3)16(21)12-4-5-14-15(6-12)24-9-23-14/h4-8,10-11,16,21H,9H2,1-3H3,(H,19,22)/t11-,16-/m0/s1. The molecule has 0 saturated carbocycles. The van der Waals surface area contributed by atoms with Crippen molar-refractivity contribution in [3.8, 4) is 11.5 Å². The number of carbonyl (C=O) groups excluding carboxylic acids is 1. The van der Waals surface area contributed by atoms with Crippen LogP contribution in [0.4, 0.5) is 0 Å². The number of hydrogen-bond donors (Lipinski definition) is 2. The van der Waals surface area contributed by atoms with Crippen LogP contribution in [0.15, 0.2) is 30.7 Å². The van der Waals surface area contributed by atoms with Gasteiger partial charge in [0, 0.05) is 12.2 Å². The summed E-state index contributed by atoms with van der Waals surface area (Å²) in [5.41, 5.74) is 0.980. The maximum atomic E-state index is 12.3. The smallest absolute Gasteiger partial charge is 0.271 e. The fraction of sp³-hybridized carbons (Fsp3) is 0.412. The number of aliphatic hydroxyl groups excluding tert-OH is 1. The normalized spacial score (nSPS) is 15.4. The van der Waals surface area contributed by atoms with E-state index in [0.29, 0.717) is 22.8 Å². The van der Waals surface area contributed by atoms with E-state index in [-0.39, 0.29) is 18.7 Å². The van der Waals surface area contributed by atoms with E-state index >= 15 is 0 Å². The first-order valence-corrected chi connectivity index (χ1v) is 7.87. The number of hydrogen-bond acceptors (Lipinski definition) is 5. The largest absolute Gasteiger partial charge is 0.454 e. The number of amides is 1. The van der Waals surface area contributed by atoms with Gasteiger partial charge in [0.25, 0.3) is 5.91 Å². The molecule has 0 spiro atoms. The molecule has 2 aromatic rings. The lowest BCUT2D eigenvalue weighted by Gasteiger charge is -2.20. The number of ether oxygens (including phenoxy) is 2. The number of aromatic nitrogens is 2. The minimum atomic E-state index is -0.865. The van der Waals surface area contributed by atoms with Gasteiger partial charge in [-0.05, 0) is 38.5 Å². The van der Waals surface area contributed by atoms with Crippen molar-refractivity contribution in [3.63, 3.8) is 0 Å². The summed E-state index contributed by atoms with van der Waals surface area (Å²) in [4.78, 5) is 16.4. The molecule has 0 bridgehead atoms. The summed E-state index contributed by atoms with van der Waals surface area (Å²) in [5, 5.41) is 13.3. The lowest BCUT2D eigenvalue weighted by atomic mass is 10.0. The number of rotatable bonds is 5. The molecule has 2 N–H and O–H groups in total. The minimum Gasteiger partial charge on any atom is -0.454 e. The number of nitrogens with zero attached hydrogens (tertiary/aromatic N) is 2. The summed E-state index contributed by atoms with van der Waals surface area (Å²) in [6.45, 7) is 5.94. The van der Waals surface area contributed by atoms with E-state index in [1.807, 2.05) is 18.4 Å². The lowest BCUT2D eigenvalue weighted by Crippen LogP contribution is -2.37. The van der Waals surface area contributed by atoms with Crippen molar-refractivity contribution in [3.05, 3.63) is 42.0 Å². The van der Waals surface area contributed by atoms with Crippen molar-refractivity contribution < 1.29 is 19.4 Å². The molecule has 0 unspecified atom stereocenters. The molecule has 2 atom stereocenters. The van der Waals surface area contributed by atoms with Crippen molar-refractivity contribution in [2.24, 2.45) is 0 Å². The number of benzene rings is 1. The highest BCUT2D eigenvalue weighted by atomic mass is 16.7. The van der Waals surface area contributed by atoms with Crippen molar-refractivity contribution in [2.75, 3.05) is 6.79 Å². The maximum Gasteiger partial charge on any atom is 0.271 e. The number of fused-ring (bicyclic) bond motifs is 1. The molecule has 1 aromatic heterocycles. The van der Waals surface area contributed by atoms with Gasteiger partial charge in [0.2, 0.25) is 6.79 Å². The number of nitrogens with one attached hydrogen (secondary N) is 1. The Morgan fingerprint density at radius 3 is 2.75 bits per heavy atom. The van der Waals surface area contributed by atoms with E-state index in [2.05, 4.69) is 10.3 Å². The highest BCUT2D eigenvalue weighted by Crippen LogP contribution is 2.34. The maximum absolute atomic E-state index is 12.3. The van der Waals surface area contributed by atoms with Crippen LogP contribution in [0.5, 0.6) is 11.5 Å². The second-order valence-electron chi connectivity index (χ2n) is 6.12. The highest BCUT2D eigenvalue weighted by molar-refractivity contribution is 5.92. The Labute approximate surface area is 140 Å². The van der Waals surface area contributed by atoms with Gasteiger partial charge in [-0.2, -0.15) is 0 Å². The molecule has 1 aliphatic rings. The molecule has 1 aromatic carbocycles. The summed E-state index contributed by atoms with van der Waals surface area (Å²) in [5.74, 6) is 0.935. The van der Waals surface area contributed by atoms with Crippen LogP contribution in [0.25, 0.3) is 0 Å². The topological polar surface area (TPSA) is 85.6 Å². The number of aliphatic hydroxyl groups is 1. The molecule has 128 valence electrons. The zero-order valence-corrected chi connectivity index (χ0v) is 13.9. The zero-order valence-electron chi connectivity index (χ0n) is 13.9. The monoisotopic (exact) mass is 331 g/mol. The van der Waals surface area contributed by atoms with Gasteiger partial charge in [0.05, 0.1) is 18.5 Å². The van der Waals surface area contributed by atoms with E-state index in [1.54, 1.807) is 37.6 Å². The summed E-state index contributed by atoms with van der Waals surface area (Å²) < 4.78 is 12.4. The van der Waals surface area contributed by atoms with Crippen molar-refractivity contribution in [2.45, 2.75) is 39.0 Å². The molecule has 7 heteroatoms. The molecule has 24 heavy (non-hydrogen) atoms. The van der Waals surface area contributed by atoms with Gasteiger partial charge in [-0.3, -0.25) is 4.79 Å². The molecule has 1 aliphatic heterocycles. The molecule has 0 saturated heterocycles. The van der Waals surface area contributed by atoms with Crippen LogP contribution in [-0.4, -0.2) is 33.4 Å². The first-order valence-electron chi connectivity index (χ1n) is 7.87. The molecular formula is C17H21N3O4. The van der Waals surface area contributed by atoms with Gasteiger partial charge in [-0.25, -0.2) is 4.98 Å². The first kappa shape index (κ1) is 16.3. The third-order valence-corrected chi connectivity index (χ3v) is 4.00. The Kier molecular flexibility index (Phi) is 4.44. The lowest BCUT2D eigenvalue weighted by molar-refractivity contribution is 0.0847. The van der Waals surface area contributed by atoms with Crippen LogP contribution in [0, 0.1) is 0 Å². The fourth-order valence-electron chi connectivity index (χ4n) is 2.48. The van der Waals surface area contributed by atoms with Gasteiger partial charge < -0.3 is 24.5 Å². The molecule has 3 rings (SSSR count). The Hall–Kier alpha value is -2.54. The van der Waals surface area contributed by atoms with E-state index in [0.717, 1.165) is 0 Å². The summed E-state index contributed by atoms with van der Waals surface area (Å²) in [7, 11) is 0. The Balaban J connectivity index is 1.67. The summed E-state index contributed by atoms with van der Waals surface area (Å²) >= 11 is 0. The molecule has 7 nitrogen and oxygen atoms in total. The molecule has 0 radical (unpaired) electrons. The van der Waals surface area contributed by atoms with Crippen LogP contribution >= 0.6 is 0 Å². The van der Waals surface area contributed by atoms with Crippen LogP contribution in [0.1, 0.15) is 49.0 Å². The van der Waals surface area contributed by atoms with Crippen molar-refractivity contribution in [1.29, 1.82) is 0 Å². The quantitative estimate of drug-likeness (QED) is 0.876. The van der Waals surface area contributed by atoms with Crippen molar-refractivity contribution in [1.82, 2.24) is 14.9 Å². The molecule has 0 aliphatic carbocycles. The predicted molar refractivity (Wildman–Crippen MR) is 87.1 cm³/mol. The first-order chi connectivity index (χ1) is 11.5. The Morgan fingerprint density at radius 2 is 2.04 bits per heavy atom. The average Bonchev–Trinajstić information content (AvgIpc) is 3.22. The zero-order chi connectivity index (χ0) is 17.3. The third-order valence-electron chi connectivity index (χ3n) is 4.00. The van der Waals surface area contributed by atoms with Crippen molar-refractivity contribution >= 4 is 5.91 Å². The Bertz CT molecular complexity index is 741. The number of carbonyl (C=O) groups is 1. The van der Waals surface area contributed by atoms with Gasteiger partial charge in [0.1, 0.15) is 5.69 Å². The van der Waals surface area contributed by atoms with Crippen LogP contribution in [0.3, 0.4) is 0 Å². The van der Waals surface area contributed by atoms with E-state index in [1.165, 1.54) is 0 Å². The SMILES string of the molecule is CC(C)n1cnc(C(=O)N[C@@H](C)[C@H](O)c2ccc3c(c2)OCO3)c1. The molecule has 1 amide bonds. The second kappa shape index (κ2) is 6.52. The summed E-state index contributed by atoms with van der Waals surface area (Å²) in [6, 6.07) is 4.98.